The first-order chi connectivity index (χ1) is 8.73. The van der Waals surface area contributed by atoms with Crippen molar-refractivity contribution in [3.8, 4) is 0 Å². The fraction of sp³-hybridized carbons (Fsp3) is 0.417. The van der Waals surface area contributed by atoms with Gasteiger partial charge in [-0.05, 0) is 30.7 Å². The molecule has 0 atom stereocenters. The van der Waals surface area contributed by atoms with Gasteiger partial charge in [0.1, 0.15) is 6.54 Å². The Labute approximate surface area is 117 Å². The zero-order valence-electron chi connectivity index (χ0n) is 10.2. The fourth-order valence-electron chi connectivity index (χ4n) is 1.63. The molecule has 0 radical (unpaired) electrons. The van der Waals surface area contributed by atoms with Crippen LogP contribution in [0.2, 0.25) is 0 Å². The van der Waals surface area contributed by atoms with Gasteiger partial charge in [-0.1, -0.05) is 15.9 Å². The van der Waals surface area contributed by atoms with Gasteiger partial charge in [0.15, 0.2) is 0 Å². The van der Waals surface area contributed by atoms with Crippen molar-refractivity contribution in [1.82, 2.24) is 4.90 Å². The Kier molecular flexibility index (Phi) is 5.37. The number of hydrogen-bond donors (Lipinski definition) is 1. The number of carbonyl (C=O) groups excluding carboxylic acids is 1. The summed E-state index contributed by atoms with van der Waals surface area (Å²) in [6, 6.07) is 4.71. The Morgan fingerprint density at radius 1 is 1.37 bits per heavy atom. The lowest BCUT2D eigenvalue weighted by molar-refractivity contribution is -0.141. The molecule has 1 N–H and O–H groups in total. The van der Waals surface area contributed by atoms with Gasteiger partial charge in [-0.3, -0.25) is 4.79 Å². The average molecular weight is 340 g/mol. The van der Waals surface area contributed by atoms with Crippen LogP contribution in [-0.2, 0) is 0 Å². The Balaban J connectivity index is 2.98. The number of halogens is 4. The minimum absolute atomic E-state index is 0.157. The number of hydrogen-bond acceptors (Lipinski definition) is 2. The van der Waals surface area contributed by atoms with Crippen molar-refractivity contribution >= 4 is 21.8 Å². The summed E-state index contributed by atoms with van der Waals surface area (Å²) in [6.07, 6.45) is -4.49. The predicted octanol–water partition coefficient (Wildman–Crippen LogP) is 2.75. The first-order valence-corrected chi connectivity index (χ1v) is 6.26. The van der Waals surface area contributed by atoms with Crippen LogP contribution in [0.25, 0.3) is 0 Å². The molecule has 19 heavy (non-hydrogen) atoms. The largest absolute Gasteiger partial charge is 0.406 e. The number of alkyl halides is 3. The number of aryl methyl sites for hydroxylation is 1. The van der Waals surface area contributed by atoms with E-state index in [9.17, 15) is 18.0 Å². The van der Waals surface area contributed by atoms with Crippen LogP contribution in [0.15, 0.2) is 22.7 Å². The van der Waals surface area contributed by atoms with Crippen LogP contribution in [0.5, 0.6) is 0 Å². The maximum absolute atomic E-state index is 12.4. The summed E-state index contributed by atoms with van der Waals surface area (Å²) in [6.45, 7) is -0.516. The Morgan fingerprint density at radius 3 is 2.47 bits per heavy atom. The molecular weight excluding hydrogens is 327 g/mol. The smallest absolute Gasteiger partial charge is 0.395 e. The number of aliphatic hydroxyl groups is 1. The summed E-state index contributed by atoms with van der Waals surface area (Å²) >= 11 is 3.19. The van der Waals surface area contributed by atoms with Crippen molar-refractivity contribution in [3.63, 3.8) is 0 Å². The van der Waals surface area contributed by atoms with Gasteiger partial charge in [-0.2, -0.15) is 13.2 Å². The van der Waals surface area contributed by atoms with E-state index in [1.165, 1.54) is 12.1 Å². The van der Waals surface area contributed by atoms with E-state index in [-0.39, 0.29) is 12.1 Å². The molecule has 0 unspecified atom stereocenters. The standard InChI is InChI=1S/C12H13BrF3NO2/c1-8-4-9(6-10(13)5-8)11(19)17(2-3-18)7-12(14,15)16/h4-6,18H,2-3,7H2,1H3. The summed E-state index contributed by atoms with van der Waals surface area (Å²) in [5.74, 6) is -0.754. The van der Waals surface area contributed by atoms with Crippen molar-refractivity contribution in [2.45, 2.75) is 13.1 Å². The summed E-state index contributed by atoms with van der Waals surface area (Å²) in [7, 11) is 0. The SMILES string of the molecule is Cc1cc(Br)cc(C(=O)N(CCO)CC(F)(F)F)c1. The second-order valence-corrected chi connectivity index (χ2v) is 5.00. The second kappa shape index (κ2) is 6.38. The quantitative estimate of drug-likeness (QED) is 0.916. The van der Waals surface area contributed by atoms with E-state index in [2.05, 4.69) is 15.9 Å². The highest BCUT2D eigenvalue weighted by Gasteiger charge is 2.33. The van der Waals surface area contributed by atoms with Crippen LogP contribution in [0.3, 0.4) is 0 Å². The molecule has 3 nitrogen and oxygen atoms in total. The Hall–Kier alpha value is -1.08. The first kappa shape index (κ1) is 16.0. The molecule has 7 heteroatoms. The monoisotopic (exact) mass is 339 g/mol. The van der Waals surface area contributed by atoms with Crippen molar-refractivity contribution < 1.29 is 23.1 Å². The Morgan fingerprint density at radius 2 is 2.00 bits per heavy atom. The van der Waals surface area contributed by atoms with E-state index in [0.717, 1.165) is 5.56 Å². The molecule has 0 saturated carbocycles. The molecular formula is C12H13BrF3NO2. The van der Waals surface area contributed by atoms with Gasteiger partial charge in [0, 0.05) is 16.6 Å². The normalized spacial score (nSPS) is 11.5. The lowest BCUT2D eigenvalue weighted by atomic mass is 10.1. The molecule has 0 aliphatic rings. The van der Waals surface area contributed by atoms with Crippen LogP contribution in [0, 0.1) is 6.92 Å². The highest BCUT2D eigenvalue weighted by molar-refractivity contribution is 9.10. The lowest BCUT2D eigenvalue weighted by Crippen LogP contribution is -2.40. The van der Waals surface area contributed by atoms with Gasteiger partial charge in [-0.15, -0.1) is 0 Å². The van der Waals surface area contributed by atoms with Gasteiger partial charge in [0.05, 0.1) is 6.61 Å². The average Bonchev–Trinajstić information content (AvgIpc) is 2.24. The molecule has 0 aromatic heterocycles. The van der Waals surface area contributed by atoms with Gasteiger partial charge in [0.25, 0.3) is 5.91 Å². The van der Waals surface area contributed by atoms with Crippen molar-refractivity contribution in [2.75, 3.05) is 19.7 Å². The van der Waals surface area contributed by atoms with Crippen LogP contribution in [0.1, 0.15) is 15.9 Å². The minimum Gasteiger partial charge on any atom is -0.395 e. The highest BCUT2D eigenvalue weighted by Crippen LogP contribution is 2.20. The van der Waals surface area contributed by atoms with Gasteiger partial charge < -0.3 is 10.0 Å². The van der Waals surface area contributed by atoms with Crippen LogP contribution in [-0.4, -0.2) is 41.8 Å². The van der Waals surface area contributed by atoms with Crippen molar-refractivity contribution in [2.24, 2.45) is 0 Å². The van der Waals surface area contributed by atoms with Crippen molar-refractivity contribution in [1.29, 1.82) is 0 Å². The molecule has 0 fully saturated rings. The van der Waals surface area contributed by atoms with Crippen molar-refractivity contribution in [3.05, 3.63) is 33.8 Å². The third-order valence-corrected chi connectivity index (χ3v) is 2.77. The molecule has 1 amide bonds. The first-order valence-electron chi connectivity index (χ1n) is 5.47. The summed E-state index contributed by atoms with van der Waals surface area (Å²) in [5.41, 5.74) is 0.915. The zero-order chi connectivity index (χ0) is 14.6. The number of aliphatic hydroxyl groups excluding tert-OH is 1. The summed E-state index contributed by atoms with van der Waals surface area (Å²) in [5, 5.41) is 8.77. The molecule has 0 heterocycles. The van der Waals surface area contributed by atoms with Crippen LogP contribution < -0.4 is 0 Å². The predicted molar refractivity (Wildman–Crippen MR) is 67.9 cm³/mol. The van der Waals surface area contributed by atoms with Gasteiger partial charge in [0.2, 0.25) is 0 Å². The molecule has 0 saturated heterocycles. The summed E-state index contributed by atoms with van der Waals surface area (Å²) in [4.78, 5) is 12.6. The maximum Gasteiger partial charge on any atom is 0.406 e. The Bertz CT molecular complexity index is 443. The lowest BCUT2D eigenvalue weighted by Gasteiger charge is -2.23. The third-order valence-electron chi connectivity index (χ3n) is 2.32. The molecule has 1 rings (SSSR count). The van der Waals surface area contributed by atoms with E-state index >= 15 is 0 Å². The topological polar surface area (TPSA) is 40.5 Å². The maximum atomic E-state index is 12.4. The number of nitrogens with zero attached hydrogens (tertiary/aromatic N) is 1. The van der Waals surface area contributed by atoms with Gasteiger partial charge >= 0.3 is 6.18 Å². The van der Waals surface area contributed by atoms with E-state index < -0.39 is 25.2 Å². The van der Waals surface area contributed by atoms with E-state index in [1.807, 2.05) is 0 Å². The number of benzene rings is 1. The molecule has 0 bridgehead atoms. The van der Waals surface area contributed by atoms with E-state index in [0.29, 0.717) is 9.37 Å². The fourth-order valence-corrected chi connectivity index (χ4v) is 2.24. The van der Waals surface area contributed by atoms with E-state index in [1.54, 1.807) is 13.0 Å². The zero-order valence-corrected chi connectivity index (χ0v) is 11.8. The number of amides is 1. The van der Waals surface area contributed by atoms with Crippen LogP contribution in [0.4, 0.5) is 13.2 Å². The molecule has 106 valence electrons. The van der Waals surface area contributed by atoms with Gasteiger partial charge in [-0.25, -0.2) is 0 Å². The highest BCUT2D eigenvalue weighted by atomic mass is 79.9. The molecule has 0 aliphatic carbocycles. The minimum atomic E-state index is -4.49. The van der Waals surface area contributed by atoms with E-state index in [4.69, 9.17) is 5.11 Å². The molecule has 1 aromatic carbocycles. The number of rotatable bonds is 4. The third kappa shape index (κ3) is 5.20. The summed E-state index contributed by atoms with van der Waals surface area (Å²) < 4.78 is 37.8. The molecule has 0 spiro atoms. The van der Waals surface area contributed by atoms with Crippen LogP contribution >= 0.6 is 15.9 Å². The second-order valence-electron chi connectivity index (χ2n) is 4.08. The molecule has 1 aromatic rings. The molecule has 0 aliphatic heterocycles. The number of carbonyl (C=O) groups is 1.